The zero-order chi connectivity index (χ0) is 15.8. The van der Waals surface area contributed by atoms with E-state index in [1.165, 1.54) is 7.11 Å². The maximum absolute atomic E-state index is 12.3. The first-order valence-electron chi connectivity index (χ1n) is 7.06. The molecule has 0 spiro atoms. The first-order chi connectivity index (χ1) is 9.97. The first kappa shape index (κ1) is 17.0. The third-order valence-electron chi connectivity index (χ3n) is 3.19. The van der Waals surface area contributed by atoms with E-state index in [0.29, 0.717) is 18.8 Å². The van der Waals surface area contributed by atoms with Gasteiger partial charge in [0.05, 0.1) is 13.5 Å². The molecule has 116 valence electrons. The molecule has 0 saturated carbocycles. The Labute approximate surface area is 125 Å². The number of carbonyl (C=O) groups excluding carboxylic acids is 2. The van der Waals surface area contributed by atoms with Crippen LogP contribution in [0.4, 0.5) is 0 Å². The van der Waals surface area contributed by atoms with Crippen molar-refractivity contribution < 1.29 is 19.1 Å². The second kappa shape index (κ2) is 8.29. The zero-order valence-electron chi connectivity index (χ0n) is 13.1. The van der Waals surface area contributed by atoms with Crippen LogP contribution in [0.2, 0.25) is 0 Å². The number of hydrogen-bond acceptors (Lipinski definition) is 4. The van der Waals surface area contributed by atoms with E-state index in [-0.39, 0.29) is 18.3 Å². The average molecular weight is 293 g/mol. The highest BCUT2D eigenvalue weighted by Crippen LogP contribution is 2.14. The van der Waals surface area contributed by atoms with Crippen molar-refractivity contribution in [3.05, 3.63) is 29.8 Å². The van der Waals surface area contributed by atoms with Crippen molar-refractivity contribution in [2.45, 2.75) is 33.3 Å². The van der Waals surface area contributed by atoms with Crippen molar-refractivity contribution in [3.8, 4) is 5.75 Å². The van der Waals surface area contributed by atoms with Crippen LogP contribution in [0.3, 0.4) is 0 Å². The van der Waals surface area contributed by atoms with E-state index >= 15 is 0 Å². The maximum atomic E-state index is 12.3. The molecule has 1 aromatic carbocycles. The number of ether oxygens (including phenoxy) is 2. The molecule has 1 atom stereocenters. The van der Waals surface area contributed by atoms with Gasteiger partial charge in [-0.05, 0) is 32.9 Å². The van der Waals surface area contributed by atoms with Gasteiger partial charge in [0.2, 0.25) is 0 Å². The van der Waals surface area contributed by atoms with Crippen LogP contribution in [0.25, 0.3) is 0 Å². The molecule has 0 aliphatic heterocycles. The molecule has 0 aliphatic rings. The van der Waals surface area contributed by atoms with Crippen LogP contribution in [0, 0.1) is 6.92 Å². The molecule has 0 aliphatic carbocycles. The number of rotatable bonds is 7. The first-order valence-corrected chi connectivity index (χ1v) is 7.06. The van der Waals surface area contributed by atoms with Crippen LogP contribution >= 0.6 is 0 Å². The van der Waals surface area contributed by atoms with Crippen LogP contribution in [-0.4, -0.2) is 43.1 Å². The molecule has 0 aromatic heterocycles. The normalized spacial score (nSPS) is 11.6. The van der Waals surface area contributed by atoms with Crippen LogP contribution < -0.4 is 4.74 Å². The number of esters is 1. The number of methoxy groups -OCH3 is 1. The fourth-order valence-electron chi connectivity index (χ4n) is 1.88. The minimum Gasteiger partial charge on any atom is -0.481 e. The summed E-state index contributed by atoms with van der Waals surface area (Å²) in [6, 6.07) is 7.54. The molecule has 0 saturated heterocycles. The topological polar surface area (TPSA) is 55.8 Å². The summed E-state index contributed by atoms with van der Waals surface area (Å²) in [5, 5.41) is 0. The summed E-state index contributed by atoms with van der Waals surface area (Å²) in [4.78, 5) is 25.0. The van der Waals surface area contributed by atoms with Gasteiger partial charge in [0, 0.05) is 13.1 Å². The number of amides is 1. The summed E-state index contributed by atoms with van der Waals surface area (Å²) in [6.07, 6.45) is -0.404. The van der Waals surface area contributed by atoms with E-state index in [4.69, 9.17) is 4.74 Å². The Balaban J connectivity index is 2.57. The maximum Gasteiger partial charge on any atom is 0.307 e. The largest absolute Gasteiger partial charge is 0.481 e. The Morgan fingerprint density at radius 3 is 2.38 bits per heavy atom. The number of benzene rings is 1. The molecule has 0 radical (unpaired) electrons. The summed E-state index contributed by atoms with van der Waals surface area (Å²) in [6.45, 7) is 6.43. The van der Waals surface area contributed by atoms with E-state index < -0.39 is 6.10 Å². The van der Waals surface area contributed by atoms with Crippen LogP contribution in [-0.2, 0) is 14.3 Å². The van der Waals surface area contributed by atoms with Crippen molar-refractivity contribution in [2.24, 2.45) is 0 Å². The van der Waals surface area contributed by atoms with Crippen molar-refractivity contribution in [2.75, 3.05) is 20.2 Å². The van der Waals surface area contributed by atoms with Crippen molar-refractivity contribution in [3.63, 3.8) is 0 Å². The SMILES string of the molecule is CCN(CCC(=O)OC)C(=O)C(C)Oc1ccc(C)cc1. The lowest BCUT2D eigenvalue weighted by Crippen LogP contribution is -2.41. The predicted molar refractivity (Wildman–Crippen MR) is 80.2 cm³/mol. The van der Waals surface area contributed by atoms with Gasteiger partial charge < -0.3 is 14.4 Å². The van der Waals surface area contributed by atoms with Gasteiger partial charge >= 0.3 is 5.97 Å². The molecule has 21 heavy (non-hydrogen) atoms. The minimum absolute atomic E-state index is 0.137. The second-order valence-corrected chi connectivity index (χ2v) is 4.82. The third-order valence-corrected chi connectivity index (χ3v) is 3.19. The van der Waals surface area contributed by atoms with Crippen molar-refractivity contribution in [1.29, 1.82) is 0 Å². The van der Waals surface area contributed by atoms with Crippen LogP contribution in [0.1, 0.15) is 25.8 Å². The second-order valence-electron chi connectivity index (χ2n) is 4.82. The number of likely N-dealkylation sites (N-methyl/N-ethyl adjacent to an activating group) is 1. The van der Waals surface area contributed by atoms with Crippen LogP contribution in [0.5, 0.6) is 5.75 Å². The van der Waals surface area contributed by atoms with Gasteiger partial charge in [-0.15, -0.1) is 0 Å². The van der Waals surface area contributed by atoms with Gasteiger partial charge in [0.1, 0.15) is 5.75 Å². The highest BCUT2D eigenvalue weighted by molar-refractivity contribution is 5.81. The van der Waals surface area contributed by atoms with Gasteiger partial charge in [0.15, 0.2) is 6.10 Å². The molecule has 1 rings (SSSR count). The lowest BCUT2D eigenvalue weighted by molar-refractivity contribution is -0.143. The lowest BCUT2D eigenvalue weighted by atomic mass is 10.2. The Morgan fingerprint density at radius 1 is 1.24 bits per heavy atom. The number of aryl methyl sites for hydroxylation is 1. The quantitative estimate of drug-likeness (QED) is 0.723. The van der Waals surface area contributed by atoms with E-state index in [9.17, 15) is 9.59 Å². The fourth-order valence-corrected chi connectivity index (χ4v) is 1.88. The monoisotopic (exact) mass is 293 g/mol. The molecule has 0 N–H and O–H groups in total. The molecular formula is C16H23NO4. The molecular weight excluding hydrogens is 270 g/mol. The summed E-state index contributed by atoms with van der Waals surface area (Å²) < 4.78 is 10.2. The number of hydrogen-bond donors (Lipinski definition) is 0. The van der Waals surface area contributed by atoms with Crippen molar-refractivity contribution >= 4 is 11.9 Å². The van der Waals surface area contributed by atoms with Gasteiger partial charge in [-0.1, -0.05) is 17.7 Å². The van der Waals surface area contributed by atoms with Gasteiger partial charge in [0.25, 0.3) is 5.91 Å². The standard InChI is InChI=1S/C16H23NO4/c1-5-17(11-10-15(18)20-4)16(19)13(3)21-14-8-6-12(2)7-9-14/h6-9,13H,5,10-11H2,1-4H3. The molecule has 1 unspecified atom stereocenters. The Kier molecular flexibility index (Phi) is 6.72. The molecule has 0 bridgehead atoms. The molecule has 0 fully saturated rings. The molecule has 0 heterocycles. The Hall–Kier alpha value is -2.04. The average Bonchev–Trinajstić information content (AvgIpc) is 2.49. The Bertz CT molecular complexity index is 470. The van der Waals surface area contributed by atoms with Gasteiger partial charge in [-0.3, -0.25) is 9.59 Å². The summed E-state index contributed by atoms with van der Waals surface area (Å²) >= 11 is 0. The van der Waals surface area contributed by atoms with Crippen LogP contribution in [0.15, 0.2) is 24.3 Å². The smallest absolute Gasteiger partial charge is 0.307 e. The molecule has 1 aromatic rings. The minimum atomic E-state index is -0.592. The lowest BCUT2D eigenvalue weighted by Gasteiger charge is -2.24. The highest BCUT2D eigenvalue weighted by Gasteiger charge is 2.21. The summed E-state index contributed by atoms with van der Waals surface area (Å²) in [5.41, 5.74) is 1.13. The zero-order valence-corrected chi connectivity index (χ0v) is 13.1. The number of nitrogens with zero attached hydrogens (tertiary/aromatic N) is 1. The summed E-state index contributed by atoms with van der Waals surface area (Å²) in [5.74, 6) is 0.195. The predicted octanol–water partition coefficient (Wildman–Crippen LogP) is 2.17. The van der Waals surface area contributed by atoms with E-state index in [1.807, 2.05) is 38.1 Å². The number of carbonyl (C=O) groups is 2. The van der Waals surface area contributed by atoms with E-state index in [0.717, 1.165) is 5.56 Å². The van der Waals surface area contributed by atoms with E-state index in [1.54, 1.807) is 11.8 Å². The summed E-state index contributed by atoms with van der Waals surface area (Å²) in [7, 11) is 1.34. The van der Waals surface area contributed by atoms with Gasteiger partial charge in [-0.2, -0.15) is 0 Å². The highest BCUT2D eigenvalue weighted by atomic mass is 16.5. The molecule has 1 amide bonds. The molecule has 5 nitrogen and oxygen atoms in total. The van der Waals surface area contributed by atoms with Crippen molar-refractivity contribution in [1.82, 2.24) is 4.90 Å². The molecule has 5 heteroatoms. The fraction of sp³-hybridized carbons (Fsp3) is 0.500. The van der Waals surface area contributed by atoms with E-state index in [2.05, 4.69) is 4.74 Å². The third kappa shape index (κ3) is 5.45. The van der Waals surface area contributed by atoms with Gasteiger partial charge in [-0.25, -0.2) is 0 Å². The Morgan fingerprint density at radius 2 is 1.86 bits per heavy atom.